The van der Waals surface area contributed by atoms with Crippen molar-refractivity contribution in [3.05, 3.63) is 101 Å². The van der Waals surface area contributed by atoms with E-state index in [1.165, 1.54) is 0 Å². The average molecular weight is 385 g/mol. The molecule has 0 aromatic heterocycles. The van der Waals surface area contributed by atoms with Crippen molar-refractivity contribution in [1.82, 2.24) is 0 Å². The second-order valence-corrected chi connectivity index (χ2v) is 7.64. The smallest absolute Gasteiger partial charge is 0.261 e. The number of Topliss-reactive ketones (excluding diaryl/α,β-unsaturated/α-hetero) is 1. The first-order valence-corrected chi connectivity index (χ1v) is 9.77. The Morgan fingerprint density at radius 1 is 1.00 bits per heavy atom. The molecule has 1 unspecified atom stereocenters. The van der Waals surface area contributed by atoms with E-state index in [1.807, 2.05) is 55.5 Å². The van der Waals surface area contributed by atoms with Crippen LogP contribution in [0.1, 0.15) is 39.0 Å². The van der Waals surface area contributed by atoms with Crippen molar-refractivity contribution in [3.8, 4) is 0 Å². The topological polar surface area (TPSA) is 66.4 Å². The molecule has 0 aliphatic heterocycles. The van der Waals surface area contributed by atoms with Gasteiger partial charge in [-0.2, -0.15) is 0 Å². The van der Waals surface area contributed by atoms with Gasteiger partial charge < -0.3 is 10.4 Å². The second-order valence-electron chi connectivity index (χ2n) is 7.64. The van der Waals surface area contributed by atoms with Gasteiger partial charge in [-0.05, 0) is 48.2 Å². The van der Waals surface area contributed by atoms with Crippen LogP contribution in [0.25, 0.3) is 0 Å². The fraction of sp³-hybridized carbons (Fsp3) is 0.200. The van der Waals surface area contributed by atoms with E-state index in [1.54, 1.807) is 24.3 Å². The Bertz CT molecular complexity index is 1060. The lowest BCUT2D eigenvalue weighted by Gasteiger charge is -2.28. The summed E-state index contributed by atoms with van der Waals surface area (Å²) in [4.78, 5) is 25.1. The highest BCUT2D eigenvalue weighted by atomic mass is 16.3. The number of hydrogen-bond donors (Lipinski definition) is 2. The SMILES string of the molecule is Cc1ccc(C(O)(Cc2ccccc2)C(=O)Nc2ccc3c(c2)CCC3=O)cc1. The van der Waals surface area contributed by atoms with Crippen LogP contribution in [0, 0.1) is 6.92 Å². The van der Waals surface area contributed by atoms with Gasteiger partial charge >= 0.3 is 0 Å². The van der Waals surface area contributed by atoms with Crippen molar-refractivity contribution in [2.75, 3.05) is 5.32 Å². The van der Waals surface area contributed by atoms with Crippen LogP contribution in [0.3, 0.4) is 0 Å². The van der Waals surface area contributed by atoms with Crippen LogP contribution in [-0.2, 0) is 23.2 Å². The van der Waals surface area contributed by atoms with Gasteiger partial charge in [0.2, 0.25) is 0 Å². The summed E-state index contributed by atoms with van der Waals surface area (Å²) >= 11 is 0. The lowest BCUT2D eigenvalue weighted by molar-refractivity contribution is -0.135. The Kier molecular flexibility index (Phi) is 5.03. The number of anilines is 1. The van der Waals surface area contributed by atoms with Crippen LogP contribution in [0.2, 0.25) is 0 Å². The van der Waals surface area contributed by atoms with Crippen molar-refractivity contribution in [2.24, 2.45) is 0 Å². The number of rotatable bonds is 5. The molecule has 2 N–H and O–H groups in total. The molecule has 0 heterocycles. The molecule has 4 nitrogen and oxygen atoms in total. The summed E-state index contributed by atoms with van der Waals surface area (Å²) in [6.45, 7) is 1.96. The number of benzene rings is 3. The van der Waals surface area contributed by atoms with Gasteiger partial charge in [0.15, 0.2) is 11.4 Å². The van der Waals surface area contributed by atoms with E-state index in [2.05, 4.69) is 5.32 Å². The van der Waals surface area contributed by atoms with Gasteiger partial charge in [0, 0.05) is 24.1 Å². The van der Waals surface area contributed by atoms with Crippen LogP contribution < -0.4 is 5.32 Å². The maximum Gasteiger partial charge on any atom is 0.261 e. The highest BCUT2D eigenvalue weighted by Gasteiger charge is 2.38. The molecule has 0 spiro atoms. The lowest BCUT2D eigenvalue weighted by atomic mass is 9.86. The molecule has 3 aromatic rings. The summed E-state index contributed by atoms with van der Waals surface area (Å²) in [6, 6.07) is 22.1. The van der Waals surface area contributed by atoms with Crippen LogP contribution in [0.4, 0.5) is 5.69 Å². The maximum absolute atomic E-state index is 13.3. The third kappa shape index (κ3) is 3.84. The van der Waals surface area contributed by atoms with Crippen LogP contribution in [0.5, 0.6) is 0 Å². The van der Waals surface area contributed by atoms with Crippen molar-refractivity contribution in [3.63, 3.8) is 0 Å². The minimum absolute atomic E-state index is 0.137. The number of amides is 1. The van der Waals surface area contributed by atoms with Gasteiger partial charge in [-0.25, -0.2) is 0 Å². The number of carbonyl (C=O) groups is 2. The lowest BCUT2D eigenvalue weighted by Crippen LogP contribution is -2.42. The van der Waals surface area contributed by atoms with Gasteiger partial charge in [0.25, 0.3) is 5.91 Å². The van der Waals surface area contributed by atoms with Crippen molar-refractivity contribution >= 4 is 17.4 Å². The van der Waals surface area contributed by atoms with Crippen molar-refractivity contribution in [1.29, 1.82) is 0 Å². The third-order valence-electron chi connectivity index (χ3n) is 5.49. The normalized spacial score (nSPS) is 14.9. The van der Waals surface area contributed by atoms with E-state index >= 15 is 0 Å². The Balaban J connectivity index is 1.66. The molecule has 1 amide bonds. The molecular weight excluding hydrogens is 362 g/mol. The molecule has 3 aromatic carbocycles. The predicted octanol–water partition coefficient (Wildman–Crippen LogP) is 4.19. The summed E-state index contributed by atoms with van der Waals surface area (Å²) in [7, 11) is 0. The molecule has 0 radical (unpaired) electrons. The predicted molar refractivity (Wildman–Crippen MR) is 113 cm³/mol. The Morgan fingerprint density at radius 3 is 2.45 bits per heavy atom. The number of aliphatic hydroxyl groups is 1. The molecule has 0 saturated carbocycles. The van der Waals surface area contributed by atoms with E-state index in [0.29, 0.717) is 24.1 Å². The molecule has 1 aliphatic rings. The number of nitrogens with one attached hydrogen (secondary N) is 1. The Morgan fingerprint density at radius 2 is 1.72 bits per heavy atom. The maximum atomic E-state index is 13.3. The van der Waals surface area contributed by atoms with Crippen molar-refractivity contribution < 1.29 is 14.7 Å². The highest BCUT2D eigenvalue weighted by Crippen LogP contribution is 2.30. The summed E-state index contributed by atoms with van der Waals surface area (Å²) in [5, 5.41) is 14.4. The quantitative estimate of drug-likeness (QED) is 0.692. The van der Waals surface area contributed by atoms with E-state index < -0.39 is 11.5 Å². The minimum atomic E-state index is -1.72. The van der Waals surface area contributed by atoms with Gasteiger partial charge in [0.1, 0.15) is 0 Å². The Hall–Kier alpha value is -3.24. The van der Waals surface area contributed by atoms with Crippen LogP contribution >= 0.6 is 0 Å². The first kappa shape index (κ1) is 19.1. The molecule has 29 heavy (non-hydrogen) atoms. The van der Waals surface area contributed by atoms with E-state index in [0.717, 1.165) is 22.3 Å². The zero-order valence-electron chi connectivity index (χ0n) is 16.3. The molecule has 0 saturated heterocycles. The third-order valence-corrected chi connectivity index (χ3v) is 5.49. The largest absolute Gasteiger partial charge is 0.375 e. The summed E-state index contributed by atoms with van der Waals surface area (Å²) in [5.74, 6) is -0.354. The van der Waals surface area contributed by atoms with Crippen molar-refractivity contribution in [2.45, 2.75) is 31.8 Å². The number of carbonyl (C=O) groups excluding carboxylic acids is 2. The number of aryl methyl sites for hydroxylation is 2. The standard InChI is InChI=1S/C25H23NO3/c1-17-7-10-20(11-8-17)25(29,16-18-5-3-2-4-6-18)24(28)26-21-12-13-22-19(15-21)9-14-23(22)27/h2-8,10-13,15,29H,9,14,16H2,1H3,(H,26,28). The zero-order valence-corrected chi connectivity index (χ0v) is 16.3. The molecule has 0 bridgehead atoms. The van der Waals surface area contributed by atoms with Gasteiger partial charge in [-0.3, -0.25) is 9.59 Å². The minimum Gasteiger partial charge on any atom is -0.375 e. The van der Waals surface area contributed by atoms with Gasteiger partial charge in [0.05, 0.1) is 0 Å². The number of ketones is 1. The molecule has 146 valence electrons. The first-order valence-electron chi connectivity index (χ1n) is 9.77. The average Bonchev–Trinajstić information content (AvgIpc) is 3.09. The fourth-order valence-corrected chi connectivity index (χ4v) is 3.80. The first-order chi connectivity index (χ1) is 14.0. The molecular formula is C25H23NO3. The van der Waals surface area contributed by atoms with E-state index in [-0.39, 0.29) is 12.2 Å². The monoisotopic (exact) mass is 385 g/mol. The zero-order chi connectivity index (χ0) is 20.4. The fourth-order valence-electron chi connectivity index (χ4n) is 3.80. The summed E-state index contributed by atoms with van der Waals surface area (Å²) in [5.41, 5.74) is 2.99. The molecule has 4 heteroatoms. The second kappa shape index (κ2) is 7.64. The molecule has 1 atom stereocenters. The molecule has 0 fully saturated rings. The van der Waals surface area contributed by atoms with E-state index in [4.69, 9.17) is 0 Å². The molecule has 4 rings (SSSR count). The highest BCUT2D eigenvalue weighted by molar-refractivity contribution is 6.02. The molecule has 1 aliphatic carbocycles. The van der Waals surface area contributed by atoms with E-state index in [9.17, 15) is 14.7 Å². The van der Waals surface area contributed by atoms with Crippen LogP contribution in [-0.4, -0.2) is 16.8 Å². The summed E-state index contributed by atoms with van der Waals surface area (Å²) < 4.78 is 0. The van der Waals surface area contributed by atoms with Gasteiger partial charge in [-0.15, -0.1) is 0 Å². The number of hydrogen-bond acceptors (Lipinski definition) is 3. The summed E-state index contributed by atoms with van der Waals surface area (Å²) in [6.07, 6.45) is 1.35. The Labute approximate surface area is 170 Å². The van der Waals surface area contributed by atoms with Crippen LogP contribution in [0.15, 0.2) is 72.8 Å². The van der Waals surface area contributed by atoms with Gasteiger partial charge in [-0.1, -0.05) is 60.2 Å². The number of fused-ring (bicyclic) bond motifs is 1.